The number of hydrogen-bond donors (Lipinski definition) is 0. The molecule has 0 aromatic carbocycles. The van der Waals surface area contributed by atoms with Gasteiger partial charge in [-0.3, -0.25) is 8.37 Å². The normalized spacial score (nSPS) is 49.0. The Morgan fingerprint density at radius 3 is 1.64 bits per heavy atom. The van der Waals surface area contributed by atoms with Crippen molar-refractivity contribution >= 4 is 20.2 Å². The molecule has 8 atom stereocenters. The molecule has 22 heavy (non-hydrogen) atoms. The summed E-state index contributed by atoms with van der Waals surface area (Å²) in [5, 5.41) is 0. The van der Waals surface area contributed by atoms with Gasteiger partial charge in [0.25, 0.3) is 20.2 Å². The van der Waals surface area contributed by atoms with Crippen LogP contribution in [0.25, 0.3) is 0 Å². The summed E-state index contributed by atoms with van der Waals surface area (Å²) in [6, 6.07) is 0. The summed E-state index contributed by atoms with van der Waals surface area (Å²) in [7, 11) is -7.47. The van der Waals surface area contributed by atoms with Crippen LogP contribution in [0.1, 0.15) is 6.42 Å². The van der Waals surface area contributed by atoms with Crippen LogP contribution < -0.4 is 0 Å². The molecule has 0 aromatic rings. The summed E-state index contributed by atoms with van der Waals surface area (Å²) in [5.41, 5.74) is 0. The molecule has 124 valence electrons. The van der Waals surface area contributed by atoms with Gasteiger partial charge >= 0.3 is 0 Å². The second-order valence-electron chi connectivity index (χ2n) is 6.70. The first-order valence-corrected chi connectivity index (χ1v) is 10.9. The van der Waals surface area contributed by atoms with Crippen LogP contribution in [0, 0.1) is 23.7 Å². The van der Waals surface area contributed by atoms with Crippen molar-refractivity contribution in [3.63, 3.8) is 0 Å². The second kappa shape index (κ2) is 4.54. The minimum absolute atomic E-state index is 0.186. The van der Waals surface area contributed by atoms with Crippen LogP contribution in [0.4, 0.5) is 0 Å². The molecule has 4 bridgehead atoms. The highest BCUT2D eigenvalue weighted by molar-refractivity contribution is 7.86. The predicted octanol–water partition coefficient (Wildman–Crippen LogP) is -0.105. The lowest BCUT2D eigenvalue weighted by Crippen LogP contribution is -2.51. The Bertz CT molecular complexity index is 665. The minimum atomic E-state index is -3.73. The number of allylic oxidation sites excluding steroid dienone is 2. The summed E-state index contributed by atoms with van der Waals surface area (Å²) in [6.07, 6.45) is 4.56. The van der Waals surface area contributed by atoms with Gasteiger partial charge in [-0.05, 0) is 18.3 Å². The molecule has 0 amide bonds. The third-order valence-corrected chi connectivity index (χ3v) is 6.34. The molecule has 0 radical (unpaired) electrons. The van der Waals surface area contributed by atoms with Gasteiger partial charge in [0.1, 0.15) is 12.2 Å². The van der Waals surface area contributed by atoms with Gasteiger partial charge in [-0.1, -0.05) is 12.2 Å². The van der Waals surface area contributed by atoms with Crippen molar-refractivity contribution in [1.82, 2.24) is 0 Å². The highest BCUT2D eigenvalue weighted by atomic mass is 32.2. The summed E-state index contributed by atoms with van der Waals surface area (Å²) in [4.78, 5) is 0. The third kappa shape index (κ3) is 2.25. The van der Waals surface area contributed by atoms with E-state index in [-0.39, 0.29) is 11.8 Å². The van der Waals surface area contributed by atoms with E-state index in [1.165, 1.54) is 0 Å². The Kier molecular flexibility index (Phi) is 3.11. The molecule has 2 saturated heterocycles. The maximum absolute atomic E-state index is 11.5. The molecule has 9 heteroatoms. The van der Waals surface area contributed by atoms with E-state index in [9.17, 15) is 16.8 Å². The van der Waals surface area contributed by atoms with Gasteiger partial charge < -0.3 is 4.74 Å². The van der Waals surface area contributed by atoms with E-state index in [4.69, 9.17) is 13.1 Å². The zero-order chi connectivity index (χ0) is 15.9. The van der Waals surface area contributed by atoms with Crippen molar-refractivity contribution in [3.8, 4) is 0 Å². The highest BCUT2D eigenvalue weighted by Crippen LogP contribution is 2.61. The molecule has 4 rings (SSSR count). The summed E-state index contributed by atoms with van der Waals surface area (Å²) < 4.78 is 62.3. The third-order valence-electron chi connectivity index (χ3n) is 5.20. The molecule has 0 N–H and O–H groups in total. The van der Waals surface area contributed by atoms with E-state index in [1.54, 1.807) is 0 Å². The van der Waals surface area contributed by atoms with E-state index >= 15 is 0 Å². The number of ether oxygens (including phenoxy) is 1. The molecule has 2 aliphatic carbocycles. The van der Waals surface area contributed by atoms with Crippen LogP contribution in [0.15, 0.2) is 12.2 Å². The van der Waals surface area contributed by atoms with Gasteiger partial charge in [-0.2, -0.15) is 16.8 Å². The van der Waals surface area contributed by atoms with E-state index in [0.29, 0.717) is 11.8 Å². The van der Waals surface area contributed by atoms with Gasteiger partial charge in [0, 0.05) is 11.8 Å². The average Bonchev–Trinajstić information content (AvgIpc) is 3.04. The lowest BCUT2D eigenvalue weighted by atomic mass is 9.71. The Labute approximate surface area is 129 Å². The summed E-state index contributed by atoms with van der Waals surface area (Å²) in [5.74, 6) is 1.09. The van der Waals surface area contributed by atoms with Gasteiger partial charge in [0.15, 0.2) is 0 Å². The van der Waals surface area contributed by atoms with Crippen LogP contribution in [-0.2, 0) is 33.3 Å². The van der Waals surface area contributed by atoms with Crippen molar-refractivity contribution in [1.29, 1.82) is 0 Å². The standard InChI is InChI=1S/C13H18O7S2/c1-21(14,15)19-12-10-8-6-3-4-7(5-6)9(8)11(18-10)13(12)20-22(2,16)17/h3-4,6-13H,5H2,1-2H3. The Balaban J connectivity index is 1.69. The first-order chi connectivity index (χ1) is 10.1. The topological polar surface area (TPSA) is 96.0 Å². The minimum Gasteiger partial charge on any atom is -0.369 e. The summed E-state index contributed by atoms with van der Waals surface area (Å²) in [6.45, 7) is 0. The van der Waals surface area contributed by atoms with E-state index < -0.39 is 44.7 Å². The SMILES string of the molecule is CS(=O)(=O)OC1C(OS(C)(=O)=O)C2OC1C1C3C=CC(C3)C21. The first kappa shape index (κ1) is 15.1. The predicted molar refractivity (Wildman–Crippen MR) is 75.8 cm³/mol. The fourth-order valence-corrected chi connectivity index (χ4v) is 6.02. The van der Waals surface area contributed by atoms with Crippen molar-refractivity contribution in [2.75, 3.05) is 12.5 Å². The maximum atomic E-state index is 11.5. The van der Waals surface area contributed by atoms with Crippen molar-refractivity contribution in [2.45, 2.75) is 30.8 Å². The molecule has 7 nitrogen and oxygen atoms in total. The monoisotopic (exact) mass is 350 g/mol. The van der Waals surface area contributed by atoms with E-state index in [2.05, 4.69) is 12.2 Å². The molecule has 0 spiro atoms. The van der Waals surface area contributed by atoms with Crippen LogP contribution >= 0.6 is 0 Å². The molecule has 3 fully saturated rings. The molecule has 4 aliphatic rings. The molecule has 1 saturated carbocycles. The Hall–Kier alpha value is -0.480. The van der Waals surface area contributed by atoms with Crippen LogP contribution in [0.2, 0.25) is 0 Å². The Morgan fingerprint density at radius 1 is 0.864 bits per heavy atom. The van der Waals surface area contributed by atoms with Crippen molar-refractivity contribution in [2.24, 2.45) is 23.7 Å². The Morgan fingerprint density at radius 2 is 1.27 bits per heavy atom. The molecule has 0 aromatic heterocycles. The lowest BCUT2D eigenvalue weighted by Gasteiger charge is -2.36. The van der Waals surface area contributed by atoms with Crippen LogP contribution in [0.5, 0.6) is 0 Å². The van der Waals surface area contributed by atoms with Gasteiger partial charge in [-0.25, -0.2) is 0 Å². The average molecular weight is 350 g/mol. The largest absolute Gasteiger partial charge is 0.369 e. The van der Waals surface area contributed by atoms with Crippen LogP contribution in [0.3, 0.4) is 0 Å². The second-order valence-corrected chi connectivity index (χ2v) is 9.90. The van der Waals surface area contributed by atoms with Crippen molar-refractivity contribution in [3.05, 3.63) is 12.2 Å². The van der Waals surface area contributed by atoms with E-state index in [1.807, 2.05) is 0 Å². The number of fused-ring (bicyclic) bond motifs is 9. The van der Waals surface area contributed by atoms with Gasteiger partial charge in [-0.15, -0.1) is 0 Å². The van der Waals surface area contributed by atoms with E-state index in [0.717, 1.165) is 18.9 Å². The molecular weight excluding hydrogens is 332 g/mol. The molecular formula is C13H18O7S2. The number of hydrogen-bond acceptors (Lipinski definition) is 7. The molecule has 8 unspecified atom stereocenters. The fraction of sp³-hybridized carbons (Fsp3) is 0.846. The van der Waals surface area contributed by atoms with Crippen molar-refractivity contribution < 1.29 is 29.9 Å². The lowest BCUT2D eigenvalue weighted by molar-refractivity contribution is 0.0126. The fourth-order valence-electron chi connectivity index (χ4n) is 4.78. The highest BCUT2D eigenvalue weighted by Gasteiger charge is 2.68. The zero-order valence-corrected chi connectivity index (χ0v) is 13.8. The van der Waals surface area contributed by atoms with Gasteiger partial charge in [0.05, 0.1) is 24.7 Å². The molecule has 2 aliphatic heterocycles. The van der Waals surface area contributed by atoms with Gasteiger partial charge in [0.2, 0.25) is 0 Å². The smallest absolute Gasteiger partial charge is 0.264 e. The quantitative estimate of drug-likeness (QED) is 0.516. The summed E-state index contributed by atoms with van der Waals surface area (Å²) >= 11 is 0. The number of rotatable bonds is 4. The van der Waals surface area contributed by atoms with Crippen LogP contribution in [-0.4, -0.2) is 53.8 Å². The first-order valence-electron chi connectivity index (χ1n) is 7.24. The zero-order valence-electron chi connectivity index (χ0n) is 12.2. The maximum Gasteiger partial charge on any atom is 0.264 e. The molecule has 2 heterocycles.